The standard InChI is InChI=1S/C16H26N4O2/c1-4-10-18-15(21)12-20-16(17-5-2)19-11-13-8-6-7-9-14(13)22-3/h6-9H,4-5,10-12H2,1-3H3,(H,18,21)(H2,17,19,20). The van der Waals surface area contributed by atoms with E-state index in [9.17, 15) is 4.79 Å². The normalized spacial score (nSPS) is 11.0. The van der Waals surface area contributed by atoms with Gasteiger partial charge in [0.2, 0.25) is 5.91 Å². The first-order chi connectivity index (χ1) is 10.7. The Balaban J connectivity index is 2.59. The maximum Gasteiger partial charge on any atom is 0.239 e. The van der Waals surface area contributed by atoms with Crippen molar-refractivity contribution in [2.75, 3.05) is 26.7 Å². The van der Waals surface area contributed by atoms with E-state index in [1.54, 1.807) is 7.11 Å². The van der Waals surface area contributed by atoms with E-state index in [2.05, 4.69) is 20.9 Å². The highest BCUT2D eigenvalue weighted by Crippen LogP contribution is 2.17. The second-order valence-electron chi connectivity index (χ2n) is 4.71. The summed E-state index contributed by atoms with van der Waals surface area (Å²) in [6.45, 7) is 6.11. The summed E-state index contributed by atoms with van der Waals surface area (Å²) in [6, 6.07) is 7.75. The number of ether oxygens (including phenoxy) is 1. The number of guanidine groups is 1. The average Bonchev–Trinajstić information content (AvgIpc) is 2.55. The van der Waals surface area contributed by atoms with E-state index in [1.807, 2.05) is 38.1 Å². The van der Waals surface area contributed by atoms with Crippen LogP contribution in [0.2, 0.25) is 0 Å². The average molecular weight is 306 g/mol. The molecule has 1 amide bonds. The fourth-order valence-electron chi connectivity index (χ4n) is 1.83. The Morgan fingerprint density at radius 3 is 2.64 bits per heavy atom. The molecular weight excluding hydrogens is 280 g/mol. The summed E-state index contributed by atoms with van der Waals surface area (Å²) >= 11 is 0. The van der Waals surface area contributed by atoms with Gasteiger partial charge in [-0.25, -0.2) is 4.99 Å². The predicted octanol–water partition coefficient (Wildman–Crippen LogP) is 1.28. The maximum atomic E-state index is 11.6. The van der Waals surface area contributed by atoms with Crippen molar-refractivity contribution >= 4 is 11.9 Å². The summed E-state index contributed by atoms with van der Waals surface area (Å²) in [4.78, 5) is 16.1. The van der Waals surface area contributed by atoms with Crippen LogP contribution in [0.5, 0.6) is 5.75 Å². The highest BCUT2D eigenvalue weighted by atomic mass is 16.5. The number of hydrogen-bond donors (Lipinski definition) is 3. The van der Waals surface area contributed by atoms with Crippen LogP contribution in [-0.2, 0) is 11.3 Å². The lowest BCUT2D eigenvalue weighted by Crippen LogP contribution is -2.43. The lowest BCUT2D eigenvalue weighted by Gasteiger charge is -2.12. The first-order valence-electron chi connectivity index (χ1n) is 7.62. The van der Waals surface area contributed by atoms with Gasteiger partial charge < -0.3 is 20.7 Å². The molecule has 0 saturated carbocycles. The molecular formula is C16H26N4O2. The van der Waals surface area contributed by atoms with Gasteiger partial charge in [0.1, 0.15) is 5.75 Å². The number of rotatable bonds is 8. The molecule has 0 atom stereocenters. The van der Waals surface area contributed by atoms with Crippen molar-refractivity contribution < 1.29 is 9.53 Å². The molecule has 0 saturated heterocycles. The summed E-state index contributed by atoms with van der Waals surface area (Å²) in [5.74, 6) is 1.38. The third-order valence-corrected chi connectivity index (χ3v) is 2.93. The van der Waals surface area contributed by atoms with Gasteiger partial charge in [0.25, 0.3) is 0 Å². The molecule has 122 valence electrons. The summed E-state index contributed by atoms with van der Waals surface area (Å²) in [6.07, 6.45) is 0.924. The monoisotopic (exact) mass is 306 g/mol. The van der Waals surface area contributed by atoms with E-state index in [0.717, 1.165) is 24.3 Å². The summed E-state index contributed by atoms with van der Waals surface area (Å²) < 4.78 is 5.31. The van der Waals surface area contributed by atoms with E-state index >= 15 is 0 Å². The first kappa shape index (κ1) is 17.8. The molecule has 0 heterocycles. The summed E-state index contributed by atoms with van der Waals surface area (Å²) in [5, 5.41) is 8.96. The molecule has 1 aromatic rings. The highest BCUT2D eigenvalue weighted by Gasteiger charge is 2.04. The van der Waals surface area contributed by atoms with Gasteiger partial charge in [-0.2, -0.15) is 0 Å². The number of nitrogens with one attached hydrogen (secondary N) is 3. The van der Waals surface area contributed by atoms with E-state index in [4.69, 9.17) is 4.74 Å². The van der Waals surface area contributed by atoms with Gasteiger partial charge in [0, 0.05) is 18.7 Å². The molecule has 3 N–H and O–H groups in total. The zero-order valence-corrected chi connectivity index (χ0v) is 13.6. The summed E-state index contributed by atoms with van der Waals surface area (Å²) in [5.41, 5.74) is 0.998. The predicted molar refractivity (Wildman–Crippen MR) is 89.1 cm³/mol. The molecule has 22 heavy (non-hydrogen) atoms. The van der Waals surface area contributed by atoms with Gasteiger partial charge in [0.15, 0.2) is 5.96 Å². The third-order valence-electron chi connectivity index (χ3n) is 2.93. The van der Waals surface area contributed by atoms with Crippen LogP contribution in [0.15, 0.2) is 29.3 Å². The van der Waals surface area contributed by atoms with E-state index in [-0.39, 0.29) is 12.5 Å². The van der Waals surface area contributed by atoms with Gasteiger partial charge >= 0.3 is 0 Å². The molecule has 1 rings (SSSR count). The van der Waals surface area contributed by atoms with Crippen molar-refractivity contribution in [1.82, 2.24) is 16.0 Å². The van der Waals surface area contributed by atoms with Crippen LogP contribution in [0.4, 0.5) is 0 Å². The zero-order chi connectivity index (χ0) is 16.2. The van der Waals surface area contributed by atoms with E-state index < -0.39 is 0 Å². The van der Waals surface area contributed by atoms with Crippen molar-refractivity contribution in [3.8, 4) is 5.75 Å². The second kappa shape index (κ2) is 10.5. The van der Waals surface area contributed by atoms with Crippen LogP contribution in [-0.4, -0.2) is 38.6 Å². The molecule has 0 fully saturated rings. The topological polar surface area (TPSA) is 74.8 Å². The minimum atomic E-state index is -0.0373. The van der Waals surface area contributed by atoms with E-state index in [1.165, 1.54) is 0 Å². The van der Waals surface area contributed by atoms with Crippen molar-refractivity contribution in [2.24, 2.45) is 4.99 Å². The number of nitrogens with zero attached hydrogens (tertiary/aromatic N) is 1. The molecule has 6 nitrogen and oxygen atoms in total. The molecule has 0 aliphatic heterocycles. The van der Waals surface area contributed by atoms with Crippen molar-refractivity contribution in [1.29, 1.82) is 0 Å². The number of benzene rings is 1. The van der Waals surface area contributed by atoms with Crippen LogP contribution in [0, 0.1) is 0 Å². The van der Waals surface area contributed by atoms with Crippen molar-refractivity contribution in [3.05, 3.63) is 29.8 Å². The number of carbonyl (C=O) groups is 1. The highest BCUT2D eigenvalue weighted by molar-refractivity contribution is 5.86. The van der Waals surface area contributed by atoms with Crippen LogP contribution < -0.4 is 20.7 Å². The minimum absolute atomic E-state index is 0.0373. The fourth-order valence-corrected chi connectivity index (χ4v) is 1.83. The zero-order valence-electron chi connectivity index (χ0n) is 13.6. The lowest BCUT2D eigenvalue weighted by molar-refractivity contribution is -0.120. The Morgan fingerprint density at radius 2 is 1.95 bits per heavy atom. The smallest absolute Gasteiger partial charge is 0.239 e. The Morgan fingerprint density at radius 1 is 1.18 bits per heavy atom. The molecule has 6 heteroatoms. The summed E-state index contributed by atoms with van der Waals surface area (Å²) in [7, 11) is 1.64. The van der Waals surface area contributed by atoms with Gasteiger partial charge in [-0.15, -0.1) is 0 Å². The number of para-hydroxylation sites is 1. The molecule has 0 radical (unpaired) electrons. The van der Waals surface area contributed by atoms with E-state index in [0.29, 0.717) is 19.0 Å². The molecule has 0 spiro atoms. The largest absolute Gasteiger partial charge is 0.496 e. The second-order valence-corrected chi connectivity index (χ2v) is 4.71. The molecule has 0 aliphatic carbocycles. The van der Waals surface area contributed by atoms with Gasteiger partial charge in [-0.3, -0.25) is 4.79 Å². The van der Waals surface area contributed by atoms with Crippen LogP contribution >= 0.6 is 0 Å². The Bertz CT molecular complexity index is 489. The lowest BCUT2D eigenvalue weighted by atomic mass is 10.2. The maximum absolute atomic E-state index is 11.6. The molecule has 0 aromatic heterocycles. The molecule has 1 aromatic carbocycles. The van der Waals surface area contributed by atoms with Gasteiger partial charge in [0.05, 0.1) is 20.2 Å². The Kier molecular flexibility index (Phi) is 8.49. The minimum Gasteiger partial charge on any atom is -0.496 e. The molecule has 0 aliphatic rings. The number of amides is 1. The number of aliphatic imine (C=N–C) groups is 1. The Hall–Kier alpha value is -2.24. The quantitative estimate of drug-likeness (QED) is 0.499. The van der Waals surface area contributed by atoms with Crippen LogP contribution in [0.1, 0.15) is 25.8 Å². The van der Waals surface area contributed by atoms with Crippen LogP contribution in [0.3, 0.4) is 0 Å². The third kappa shape index (κ3) is 6.47. The number of methoxy groups -OCH3 is 1. The van der Waals surface area contributed by atoms with Gasteiger partial charge in [-0.1, -0.05) is 25.1 Å². The number of carbonyl (C=O) groups excluding carboxylic acids is 1. The van der Waals surface area contributed by atoms with Crippen molar-refractivity contribution in [3.63, 3.8) is 0 Å². The first-order valence-corrected chi connectivity index (χ1v) is 7.62. The number of hydrogen-bond acceptors (Lipinski definition) is 3. The van der Waals surface area contributed by atoms with Crippen molar-refractivity contribution in [2.45, 2.75) is 26.8 Å². The SMILES string of the molecule is CCCNC(=O)CNC(=NCc1ccccc1OC)NCC. The molecule has 0 unspecified atom stereocenters. The molecule has 0 bridgehead atoms. The fraction of sp³-hybridized carbons (Fsp3) is 0.500. The Labute approximate surface area is 132 Å². The van der Waals surface area contributed by atoms with Crippen LogP contribution in [0.25, 0.3) is 0 Å². The van der Waals surface area contributed by atoms with Gasteiger partial charge in [-0.05, 0) is 19.4 Å².